The molecule has 0 bridgehead atoms. The lowest BCUT2D eigenvalue weighted by molar-refractivity contribution is -0.384. The first-order valence-corrected chi connectivity index (χ1v) is 10.3. The van der Waals surface area contributed by atoms with E-state index in [1.54, 1.807) is 0 Å². The number of hydrogen-bond donors (Lipinski definition) is 2. The number of esters is 1. The van der Waals surface area contributed by atoms with E-state index in [1.807, 2.05) is 0 Å². The molecule has 1 aromatic carbocycles. The molecule has 0 fully saturated rings. The minimum absolute atomic E-state index is 0.0970. The van der Waals surface area contributed by atoms with Gasteiger partial charge < -0.3 is 15.4 Å². The molecule has 1 aromatic heterocycles. The summed E-state index contributed by atoms with van der Waals surface area (Å²) in [6.45, 7) is 2.81. The molecule has 2 amide bonds. The molecule has 1 unspecified atom stereocenters. The molecule has 0 saturated carbocycles. The van der Waals surface area contributed by atoms with Gasteiger partial charge in [-0.1, -0.05) is 0 Å². The number of amides is 2. The lowest BCUT2D eigenvalue weighted by Crippen LogP contribution is -2.30. The van der Waals surface area contributed by atoms with Gasteiger partial charge in [-0.15, -0.1) is 11.3 Å². The number of ether oxygens (including phenoxy) is 1. The number of rotatable bonds is 6. The smallest absolute Gasteiger partial charge is 0.342 e. The SMILES string of the molecule is CC(=O)Nc1sc2c(c1C(=O)OC(C)C(=O)Nc1ccc([N+](=O)[O-])cc1)CCCC2. The Morgan fingerprint density at radius 3 is 2.43 bits per heavy atom. The Bertz CT molecular complexity index is 999. The molecule has 2 N–H and O–H groups in total. The van der Waals surface area contributed by atoms with Crippen LogP contribution in [0.2, 0.25) is 0 Å². The Labute approximate surface area is 176 Å². The number of nitro benzene ring substituents is 1. The topological polar surface area (TPSA) is 128 Å². The number of carbonyl (C=O) groups is 3. The van der Waals surface area contributed by atoms with Crippen LogP contribution in [0.15, 0.2) is 24.3 Å². The van der Waals surface area contributed by atoms with Crippen molar-refractivity contribution in [1.29, 1.82) is 0 Å². The van der Waals surface area contributed by atoms with E-state index in [2.05, 4.69) is 10.6 Å². The third-order valence-corrected chi connectivity index (χ3v) is 5.87. The number of nitrogens with one attached hydrogen (secondary N) is 2. The first-order chi connectivity index (χ1) is 14.3. The highest BCUT2D eigenvalue weighted by Crippen LogP contribution is 2.38. The molecule has 0 saturated heterocycles. The number of aryl methyl sites for hydroxylation is 1. The van der Waals surface area contributed by atoms with Crippen LogP contribution in [0, 0.1) is 10.1 Å². The molecule has 30 heavy (non-hydrogen) atoms. The third kappa shape index (κ3) is 4.82. The number of hydrogen-bond acceptors (Lipinski definition) is 7. The summed E-state index contributed by atoms with van der Waals surface area (Å²) in [5.41, 5.74) is 1.45. The molecule has 0 radical (unpaired) electrons. The van der Waals surface area contributed by atoms with Gasteiger partial charge in [0.05, 0.1) is 10.5 Å². The van der Waals surface area contributed by atoms with Gasteiger partial charge in [-0.2, -0.15) is 0 Å². The number of fused-ring (bicyclic) bond motifs is 1. The molecule has 0 aliphatic heterocycles. The van der Waals surface area contributed by atoms with Crippen LogP contribution in [0.4, 0.5) is 16.4 Å². The molecule has 0 spiro atoms. The monoisotopic (exact) mass is 431 g/mol. The number of thiophene rings is 1. The summed E-state index contributed by atoms with van der Waals surface area (Å²) in [5, 5.41) is 16.4. The zero-order valence-corrected chi connectivity index (χ0v) is 17.3. The zero-order chi connectivity index (χ0) is 21.8. The van der Waals surface area contributed by atoms with E-state index >= 15 is 0 Å². The molecule has 1 aliphatic rings. The van der Waals surface area contributed by atoms with Crippen LogP contribution in [-0.2, 0) is 27.2 Å². The average Bonchev–Trinajstić information content (AvgIpc) is 3.05. The largest absolute Gasteiger partial charge is 0.449 e. The fraction of sp³-hybridized carbons (Fsp3) is 0.350. The lowest BCUT2D eigenvalue weighted by atomic mass is 9.95. The van der Waals surface area contributed by atoms with E-state index in [0.29, 0.717) is 16.3 Å². The third-order valence-electron chi connectivity index (χ3n) is 4.66. The molecule has 158 valence electrons. The Morgan fingerprint density at radius 2 is 1.80 bits per heavy atom. The zero-order valence-electron chi connectivity index (χ0n) is 16.5. The van der Waals surface area contributed by atoms with E-state index in [0.717, 1.165) is 36.1 Å². The molecule has 1 atom stereocenters. The first kappa shape index (κ1) is 21.4. The number of anilines is 2. The lowest BCUT2D eigenvalue weighted by Gasteiger charge is -2.16. The molecular formula is C20H21N3O6S. The van der Waals surface area contributed by atoms with Crippen LogP contribution in [0.5, 0.6) is 0 Å². The van der Waals surface area contributed by atoms with Gasteiger partial charge >= 0.3 is 5.97 Å². The highest BCUT2D eigenvalue weighted by Gasteiger charge is 2.29. The van der Waals surface area contributed by atoms with E-state index in [1.165, 1.54) is 49.4 Å². The van der Waals surface area contributed by atoms with Crippen molar-refractivity contribution < 1.29 is 24.0 Å². The maximum Gasteiger partial charge on any atom is 0.342 e. The molecule has 10 heteroatoms. The fourth-order valence-corrected chi connectivity index (χ4v) is 4.54. The summed E-state index contributed by atoms with van der Waals surface area (Å²) in [6.07, 6.45) is 2.43. The second-order valence-electron chi connectivity index (χ2n) is 6.94. The summed E-state index contributed by atoms with van der Waals surface area (Å²) < 4.78 is 5.38. The van der Waals surface area contributed by atoms with Crippen LogP contribution >= 0.6 is 11.3 Å². The first-order valence-electron chi connectivity index (χ1n) is 9.44. The second-order valence-corrected chi connectivity index (χ2v) is 8.04. The van der Waals surface area contributed by atoms with Crippen molar-refractivity contribution in [2.24, 2.45) is 0 Å². The summed E-state index contributed by atoms with van der Waals surface area (Å²) in [5.74, 6) is -1.52. The van der Waals surface area contributed by atoms with Crippen LogP contribution in [0.1, 0.15) is 47.5 Å². The van der Waals surface area contributed by atoms with Gasteiger partial charge in [0.2, 0.25) is 5.91 Å². The van der Waals surface area contributed by atoms with Crippen LogP contribution in [-0.4, -0.2) is 28.8 Å². The standard InChI is InChI=1S/C20H21N3O6S/c1-11(18(25)22-13-7-9-14(10-8-13)23(27)28)29-20(26)17-15-5-3-4-6-16(15)30-19(17)21-12(2)24/h7-11H,3-6H2,1-2H3,(H,21,24)(H,22,25). The van der Waals surface area contributed by atoms with Crippen LogP contribution in [0.25, 0.3) is 0 Å². The van der Waals surface area contributed by atoms with Gasteiger partial charge in [0.25, 0.3) is 11.6 Å². The summed E-state index contributed by atoms with van der Waals surface area (Å²) >= 11 is 1.37. The maximum atomic E-state index is 12.8. The number of nitrogens with zero attached hydrogens (tertiary/aromatic N) is 1. The molecule has 1 heterocycles. The molecule has 3 rings (SSSR count). The Balaban J connectivity index is 1.72. The highest BCUT2D eigenvalue weighted by atomic mass is 32.1. The fourth-order valence-electron chi connectivity index (χ4n) is 3.21. The van der Waals surface area contributed by atoms with Crippen molar-refractivity contribution in [3.63, 3.8) is 0 Å². The summed E-state index contributed by atoms with van der Waals surface area (Å²) in [6, 6.07) is 5.33. The highest BCUT2D eigenvalue weighted by molar-refractivity contribution is 7.17. The minimum atomic E-state index is -1.10. The van der Waals surface area contributed by atoms with Gasteiger partial charge in [-0.25, -0.2) is 4.79 Å². The second kappa shape index (κ2) is 9.04. The predicted molar refractivity (Wildman–Crippen MR) is 112 cm³/mol. The van der Waals surface area contributed by atoms with Gasteiger partial charge in [0.1, 0.15) is 5.00 Å². The Morgan fingerprint density at radius 1 is 1.13 bits per heavy atom. The number of non-ortho nitro benzene ring substituents is 1. The summed E-state index contributed by atoms with van der Waals surface area (Å²) in [7, 11) is 0. The van der Waals surface area contributed by atoms with E-state index in [4.69, 9.17) is 4.74 Å². The molecule has 2 aromatic rings. The quantitative estimate of drug-likeness (QED) is 0.408. The van der Waals surface area contributed by atoms with Crippen LogP contribution < -0.4 is 10.6 Å². The van der Waals surface area contributed by atoms with E-state index in [-0.39, 0.29) is 11.6 Å². The van der Waals surface area contributed by atoms with Gasteiger partial charge in [0.15, 0.2) is 6.10 Å². The molecule has 9 nitrogen and oxygen atoms in total. The normalized spacial score (nSPS) is 13.7. The van der Waals surface area contributed by atoms with Gasteiger partial charge in [-0.3, -0.25) is 19.7 Å². The predicted octanol–water partition coefficient (Wildman–Crippen LogP) is 3.68. The number of carbonyl (C=O) groups excluding carboxylic acids is 3. The van der Waals surface area contributed by atoms with Crippen LogP contribution in [0.3, 0.4) is 0 Å². The maximum absolute atomic E-state index is 12.8. The van der Waals surface area contributed by atoms with Crippen molar-refractivity contribution in [1.82, 2.24) is 0 Å². The van der Waals surface area contributed by atoms with Crippen molar-refractivity contribution in [2.45, 2.75) is 45.6 Å². The van der Waals surface area contributed by atoms with Crippen molar-refractivity contribution in [2.75, 3.05) is 10.6 Å². The number of nitro groups is 1. The van der Waals surface area contributed by atoms with Crippen molar-refractivity contribution in [3.8, 4) is 0 Å². The van der Waals surface area contributed by atoms with Crippen molar-refractivity contribution in [3.05, 3.63) is 50.4 Å². The van der Waals surface area contributed by atoms with E-state index in [9.17, 15) is 24.5 Å². The van der Waals surface area contributed by atoms with Gasteiger partial charge in [0, 0.05) is 29.6 Å². The molecular weight excluding hydrogens is 410 g/mol. The van der Waals surface area contributed by atoms with Gasteiger partial charge in [-0.05, 0) is 50.3 Å². The van der Waals surface area contributed by atoms with Crippen molar-refractivity contribution >= 4 is 45.5 Å². The minimum Gasteiger partial charge on any atom is -0.449 e. The Kier molecular flexibility index (Phi) is 6.46. The van der Waals surface area contributed by atoms with E-state index < -0.39 is 22.9 Å². The molecule has 1 aliphatic carbocycles. The average molecular weight is 431 g/mol. The summed E-state index contributed by atoms with van der Waals surface area (Å²) in [4.78, 5) is 48.0. The Hall–Kier alpha value is -3.27. The number of benzene rings is 1.